The van der Waals surface area contributed by atoms with E-state index in [0.717, 1.165) is 22.4 Å². The molecule has 0 aliphatic carbocycles. The summed E-state index contributed by atoms with van der Waals surface area (Å²) in [6.45, 7) is 0. The summed E-state index contributed by atoms with van der Waals surface area (Å²) in [6, 6.07) is 19.5. The number of nitrogens with zero attached hydrogens (tertiary/aromatic N) is 3. The fraction of sp³-hybridized carbons (Fsp3) is 0. The molecular weight excluding hydrogens is 308 g/mol. The minimum atomic E-state index is 0.760. The van der Waals surface area contributed by atoms with Gasteiger partial charge in [-0.3, -0.25) is 0 Å². The van der Waals surface area contributed by atoms with E-state index in [1.807, 2.05) is 0 Å². The lowest BCUT2D eigenvalue weighted by Gasteiger charge is -2.13. The van der Waals surface area contributed by atoms with Crippen LogP contribution in [0.2, 0.25) is 0 Å². The number of H-pyrrole nitrogens is 1. The van der Waals surface area contributed by atoms with Gasteiger partial charge in [-0.15, -0.1) is 0 Å². The largest absolute Gasteiger partial charge is 0.329 e. The maximum Gasteiger partial charge on any atom is 0.161 e. The van der Waals surface area contributed by atoms with Crippen LogP contribution < -0.4 is 0 Å². The van der Waals surface area contributed by atoms with E-state index < -0.39 is 0 Å². The Morgan fingerprint density at radius 2 is 1.44 bits per heavy atom. The Morgan fingerprint density at radius 3 is 2.32 bits per heavy atom. The van der Waals surface area contributed by atoms with Crippen molar-refractivity contribution in [2.75, 3.05) is 0 Å². The third-order valence-corrected chi connectivity index (χ3v) is 5.00. The number of rotatable bonds is 1. The lowest BCUT2D eigenvalue weighted by atomic mass is 9.91. The Labute approximate surface area is 142 Å². The molecule has 0 saturated carbocycles. The van der Waals surface area contributed by atoms with Crippen molar-refractivity contribution in [1.29, 1.82) is 0 Å². The van der Waals surface area contributed by atoms with E-state index in [2.05, 4.69) is 74.5 Å². The van der Waals surface area contributed by atoms with Gasteiger partial charge in [0, 0.05) is 5.56 Å². The molecule has 0 bridgehead atoms. The van der Waals surface area contributed by atoms with Crippen molar-refractivity contribution in [3.05, 3.63) is 67.3 Å². The molecule has 0 unspecified atom stereocenters. The zero-order chi connectivity index (χ0) is 16.4. The molecule has 0 atom stereocenters. The summed E-state index contributed by atoms with van der Waals surface area (Å²) in [7, 11) is 0. The first kappa shape index (κ1) is 12.8. The number of aromatic amines is 1. The van der Waals surface area contributed by atoms with Gasteiger partial charge in [0.1, 0.15) is 17.5 Å². The summed E-state index contributed by atoms with van der Waals surface area (Å²) in [5.74, 6) is 0. The first-order valence-electron chi connectivity index (χ1n) is 8.21. The van der Waals surface area contributed by atoms with Crippen LogP contribution in [0.25, 0.3) is 54.7 Å². The molecule has 25 heavy (non-hydrogen) atoms. The Hall–Kier alpha value is -3.53. The van der Waals surface area contributed by atoms with Crippen molar-refractivity contribution >= 4 is 43.5 Å². The molecule has 4 heteroatoms. The maximum absolute atomic E-state index is 4.54. The average Bonchev–Trinajstić information content (AvgIpc) is 3.15. The molecule has 6 aromatic rings. The van der Waals surface area contributed by atoms with E-state index in [-0.39, 0.29) is 0 Å². The third-order valence-electron chi connectivity index (χ3n) is 5.00. The highest BCUT2D eigenvalue weighted by atomic mass is 15.0. The third kappa shape index (κ3) is 1.63. The molecule has 116 valence electrons. The Bertz CT molecular complexity index is 1380. The van der Waals surface area contributed by atoms with Gasteiger partial charge in [0.2, 0.25) is 0 Å². The van der Waals surface area contributed by atoms with Gasteiger partial charge in [0.05, 0.1) is 6.33 Å². The molecule has 2 heterocycles. The number of hydrogen-bond donors (Lipinski definition) is 1. The second-order valence-corrected chi connectivity index (χ2v) is 6.29. The number of fused-ring (bicyclic) bond motifs is 1. The molecular formula is C21H12N4. The minimum absolute atomic E-state index is 0.760. The molecule has 0 saturated heterocycles. The summed E-state index contributed by atoms with van der Waals surface area (Å²) in [4.78, 5) is 16.3. The van der Waals surface area contributed by atoms with Crippen LogP contribution in [0.3, 0.4) is 0 Å². The predicted molar refractivity (Wildman–Crippen MR) is 101 cm³/mol. The zero-order valence-corrected chi connectivity index (χ0v) is 13.2. The standard InChI is InChI=1S/C21H12N4/c1-2-12-4-5-14-7-9-16(15-8-6-13(3-1)17(12)18(14)15)19-20-21(24-10-22-19)25-11-23-20/h1-11H,(H,22,23,24,25). The quantitative estimate of drug-likeness (QED) is 0.438. The molecule has 0 amide bonds. The Kier molecular flexibility index (Phi) is 2.32. The van der Waals surface area contributed by atoms with Gasteiger partial charge in [-0.05, 0) is 32.3 Å². The molecule has 0 radical (unpaired) electrons. The van der Waals surface area contributed by atoms with Gasteiger partial charge < -0.3 is 4.98 Å². The van der Waals surface area contributed by atoms with Crippen molar-refractivity contribution in [2.24, 2.45) is 0 Å². The van der Waals surface area contributed by atoms with Crippen LogP contribution in [0.15, 0.2) is 67.3 Å². The highest BCUT2D eigenvalue weighted by Crippen LogP contribution is 2.39. The molecule has 0 spiro atoms. The van der Waals surface area contributed by atoms with Crippen molar-refractivity contribution in [3.8, 4) is 11.3 Å². The monoisotopic (exact) mass is 320 g/mol. The van der Waals surface area contributed by atoms with E-state index in [1.165, 1.54) is 32.3 Å². The van der Waals surface area contributed by atoms with Crippen LogP contribution in [0.4, 0.5) is 0 Å². The average molecular weight is 320 g/mol. The first-order valence-corrected chi connectivity index (χ1v) is 8.21. The molecule has 6 rings (SSSR count). The summed E-state index contributed by atoms with van der Waals surface area (Å²) < 4.78 is 0. The number of benzene rings is 4. The number of hydrogen-bond acceptors (Lipinski definition) is 3. The second kappa shape index (κ2) is 4.51. The van der Waals surface area contributed by atoms with Crippen LogP contribution in [0.1, 0.15) is 0 Å². The van der Waals surface area contributed by atoms with E-state index in [0.29, 0.717) is 0 Å². The molecule has 0 fully saturated rings. The Balaban J connectivity index is 1.84. The maximum atomic E-state index is 4.54. The van der Waals surface area contributed by atoms with E-state index >= 15 is 0 Å². The van der Waals surface area contributed by atoms with Gasteiger partial charge >= 0.3 is 0 Å². The fourth-order valence-electron chi connectivity index (χ4n) is 3.90. The van der Waals surface area contributed by atoms with Crippen LogP contribution >= 0.6 is 0 Å². The number of aromatic nitrogens is 4. The zero-order valence-electron chi connectivity index (χ0n) is 13.2. The molecule has 1 N–H and O–H groups in total. The Morgan fingerprint density at radius 1 is 0.680 bits per heavy atom. The van der Waals surface area contributed by atoms with E-state index in [1.54, 1.807) is 12.7 Å². The molecule has 4 aromatic carbocycles. The van der Waals surface area contributed by atoms with Crippen LogP contribution in [-0.2, 0) is 0 Å². The van der Waals surface area contributed by atoms with Gasteiger partial charge in [-0.2, -0.15) is 0 Å². The second-order valence-electron chi connectivity index (χ2n) is 6.29. The normalized spacial score (nSPS) is 12.0. The summed E-state index contributed by atoms with van der Waals surface area (Å²) in [5.41, 5.74) is 3.52. The van der Waals surface area contributed by atoms with E-state index in [4.69, 9.17) is 0 Å². The summed E-state index contributed by atoms with van der Waals surface area (Å²) >= 11 is 0. The molecule has 4 nitrogen and oxygen atoms in total. The SMILES string of the molecule is c1cc2ccc3ccc(-c4ncnc5[nH]cnc45)c4ccc(c1)c2c34. The molecule has 0 aliphatic heterocycles. The predicted octanol–water partition coefficient (Wildman–Crippen LogP) is 4.92. The highest BCUT2D eigenvalue weighted by Gasteiger charge is 2.15. The lowest BCUT2D eigenvalue weighted by molar-refractivity contribution is 1.20. The van der Waals surface area contributed by atoms with Crippen LogP contribution in [-0.4, -0.2) is 19.9 Å². The molecule has 2 aromatic heterocycles. The number of imidazole rings is 1. The van der Waals surface area contributed by atoms with Crippen molar-refractivity contribution in [2.45, 2.75) is 0 Å². The van der Waals surface area contributed by atoms with Gasteiger partial charge in [-0.1, -0.05) is 54.6 Å². The fourth-order valence-corrected chi connectivity index (χ4v) is 3.90. The molecule has 0 aliphatic rings. The topological polar surface area (TPSA) is 54.5 Å². The first-order chi connectivity index (χ1) is 12.4. The summed E-state index contributed by atoms with van der Waals surface area (Å²) in [5, 5.41) is 7.57. The van der Waals surface area contributed by atoms with Gasteiger partial charge in [0.25, 0.3) is 0 Å². The minimum Gasteiger partial charge on any atom is -0.329 e. The van der Waals surface area contributed by atoms with Gasteiger partial charge in [0.15, 0.2) is 5.65 Å². The van der Waals surface area contributed by atoms with Crippen molar-refractivity contribution < 1.29 is 0 Å². The van der Waals surface area contributed by atoms with Crippen LogP contribution in [0, 0.1) is 0 Å². The van der Waals surface area contributed by atoms with Crippen LogP contribution in [0.5, 0.6) is 0 Å². The summed E-state index contributed by atoms with van der Waals surface area (Å²) in [6.07, 6.45) is 3.26. The highest BCUT2D eigenvalue weighted by molar-refractivity contribution is 6.25. The van der Waals surface area contributed by atoms with Crippen molar-refractivity contribution in [3.63, 3.8) is 0 Å². The number of nitrogens with one attached hydrogen (secondary N) is 1. The lowest BCUT2D eigenvalue weighted by Crippen LogP contribution is -1.91. The van der Waals surface area contributed by atoms with E-state index in [9.17, 15) is 0 Å². The smallest absolute Gasteiger partial charge is 0.161 e. The van der Waals surface area contributed by atoms with Gasteiger partial charge in [-0.25, -0.2) is 15.0 Å². The van der Waals surface area contributed by atoms with Crippen molar-refractivity contribution in [1.82, 2.24) is 19.9 Å².